The second-order valence-electron chi connectivity index (χ2n) is 5.84. The molecule has 1 saturated heterocycles. The summed E-state index contributed by atoms with van der Waals surface area (Å²) in [5.41, 5.74) is 1.86. The molecule has 1 aliphatic rings. The van der Waals surface area contributed by atoms with Gasteiger partial charge in [0.05, 0.1) is 0 Å². The Morgan fingerprint density at radius 1 is 1.38 bits per heavy atom. The molecule has 4 heteroatoms. The molecule has 0 saturated carbocycles. The van der Waals surface area contributed by atoms with Gasteiger partial charge in [0.25, 0.3) is 5.91 Å². The monoisotopic (exact) mass is 285 g/mol. The Bertz CT molecular complexity index is 613. The van der Waals surface area contributed by atoms with Gasteiger partial charge in [-0.05, 0) is 63.0 Å². The van der Waals surface area contributed by atoms with Crippen LogP contribution >= 0.6 is 0 Å². The number of benzene rings is 1. The van der Waals surface area contributed by atoms with E-state index < -0.39 is 0 Å². The molecule has 1 amide bonds. The van der Waals surface area contributed by atoms with Crippen LogP contribution in [0.4, 0.5) is 0 Å². The van der Waals surface area contributed by atoms with E-state index in [9.17, 15) is 4.79 Å². The maximum Gasteiger partial charge on any atom is 0.253 e. The van der Waals surface area contributed by atoms with Crippen LogP contribution in [-0.4, -0.2) is 42.0 Å². The van der Waals surface area contributed by atoms with Crippen LogP contribution in [0.1, 0.15) is 30.1 Å². The maximum atomic E-state index is 12.7. The van der Waals surface area contributed by atoms with Crippen molar-refractivity contribution in [3.63, 3.8) is 0 Å². The summed E-state index contributed by atoms with van der Waals surface area (Å²) in [6.07, 6.45) is 4.34. The van der Waals surface area contributed by atoms with Crippen LogP contribution < -0.4 is 5.32 Å². The Kier molecular flexibility index (Phi) is 4.25. The molecule has 1 aromatic heterocycles. The molecule has 3 rings (SSSR count). The zero-order chi connectivity index (χ0) is 14.7. The number of aromatic amines is 1. The van der Waals surface area contributed by atoms with Crippen molar-refractivity contribution in [2.75, 3.05) is 26.2 Å². The quantitative estimate of drug-likeness (QED) is 0.907. The molecule has 1 aliphatic heterocycles. The Labute approximate surface area is 125 Å². The van der Waals surface area contributed by atoms with Gasteiger partial charge in [-0.15, -0.1) is 0 Å². The molecule has 0 spiro atoms. The van der Waals surface area contributed by atoms with E-state index in [0.717, 1.165) is 42.6 Å². The van der Waals surface area contributed by atoms with Gasteiger partial charge in [0, 0.05) is 35.8 Å². The fraction of sp³-hybridized carbons (Fsp3) is 0.471. The molecule has 1 unspecified atom stereocenters. The highest BCUT2D eigenvalue weighted by Gasteiger charge is 2.20. The smallest absolute Gasteiger partial charge is 0.253 e. The number of hydrogen-bond donors (Lipinski definition) is 2. The zero-order valence-corrected chi connectivity index (χ0v) is 12.6. The number of hydrogen-bond acceptors (Lipinski definition) is 2. The van der Waals surface area contributed by atoms with Gasteiger partial charge in [0.15, 0.2) is 0 Å². The molecule has 2 N–H and O–H groups in total. The fourth-order valence-corrected chi connectivity index (χ4v) is 3.12. The van der Waals surface area contributed by atoms with E-state index in [-0.39, 0.29) is 5.91 Å². The minimum absolute atomic E-state index is 0.145. The third kappa shape index (κ3) is 3.10. The van der Waals surface area contributed by atoms with E-state index in [2.05, 4.69) is 17.2 Å². The Morgan fingerprint density at radius 2 is 2.29 bits per heavy atom. The van der Waals surface area contributed by atoms with Gasteiger partial charge in [0.1, 0.15) is 0 Å². The second kappa shape index (κ2) is 6.31. The summed E-state index contributed by atoms with van der Waals surface area (Å²) in [5, 5.41) is 4.52. The Balaban J connectivity index is 1.74. The first-order valence-corrected chi connectivity index (χ1v) is 7.85. The first kappa shape index (κ1) is 14.1. The fourth-order valence-electron chi connectivity index (χ4n) is 3.12. The lowest BCUT2D eigenvalue weighted by molar-refractivity contribution is 0.0729. The molecular weight excluding hydrogens is 262 g/mol. The average molecular weight is 285 g/mol. The predicted molar refractivity (Wildman–Crippen MR) is 85.5 cm³/mol. The third-order valence-corrected chi connectivity index (χ3v) is 4.35. The SMILES string of the molecule is CCN(CC1CCCNC1)C(=O)c1ccc2[nH]ccc2c1. The number of nitrogens with one attached hydrogen (secondary N) is 2. The van der Waals surface area contributed by atoms with E-state index in [1.54, 1.807) is 0 Å². The summed E-state index contributed by atoms with van der Waals surface area (Å²) in [7, 11) is 0. The van der Waals surface area contributed by atoms with E-state index in [0.29, 0.717) is 5.92 Å². The summed E-state index contributed by atoms with van der Waals surface area (Å²) in [4.78, 5) is 17.8. The molecular formula is C17H23N3O. The molecule has 112 valence electrons. The van der Waals surface area contributed by atoms with E-state index in [4.69, 9.17) is 0 Å². The minimum Gasteiger partial charge on any atom is -0.361 e. The normalized spacial score (nSPS) is 18.8. The summed E-state index contributed by atoms with van der Waals surface area (Å²) in [6, 6.07) is 7.89. The van der Waals surface area contributed by atoms with Crippen LogP contribution in [-0.2, 0) is 0 Å². The van der Waals surface area contributed by atoms with Crippen molar-refractivity contribution in [3.05, 3.63) is 36.0 Å². The molecule has 0 aliphatic carbocycles. The topological polar surface area (TPSA) is 48.1 Å². The Hall–Kier alpha value is -1.81. The van der Waals surface area contributed by atoms with Crippen molar-refractivity contribution in [2.24, 2.45) is 5.92 Å². The number of piperidine rings is 1. The number of aromatic nitrogens is 1. The van der Waals surface area contributed by atoms with Gasteiger partial charge in [-0.3, -0.25) is 4.79 Å². The summed E-state index contributed by atoms with van der Waals surface area (Å²) in [5.74, 6) is 0.727. The summed E-state index contributed by atoms with van der Waals surface area (Å²) >= 11 is 0. The van der Waals surface area contributed by atoms with Crippen molar-refractivity contribution in [3.8, 4) is 0 Å². The van der Waals surface area contributed by atoms with Crippen LogP contribution in [0.3, 0.4) is 0 Å². The number of amides is 1. The largest absolute Gasteiger partial charge is 0.361 e. The van der Waals surface area contributed by atoms with Gasteiger partial charge in [-0.2, -0.15) is 0 Å². The molecule has 0 radical (unpaired) electrons. The molecule has 2 heterocycles. The third-order valence-electron chi connectivity index (χ3n) is 4.35. The molecule has 1 fully saturated rings. The lowest BCUT2D eigenvalue weighted by atomic mass is 9.98. The standard InChI is InChI=1S/C17H23N3O/c1-2-20(12-13-4-3-8-18-11-13)17(21)15-5-6-16-14(10-15)7-9-19-16/h5-7,9-10,13,18-19H,2-4,8,11-12H2,1H3. The van der Waals surface area contributed by atoms with Crippen LogP contribution in [0.5, 0.6) is 0 Å². The molecule has 0 bridgehead atoms. The average Bonchev–Trinajstić information content (AvgIpc) is 3.00. The van der Waals surface area contributed by atoms with Crippen molar-refractivity contribution >= 4 is 16.8 Å². The van der Waals surface area contributed by atoms with Gasteiger partial charge in [-0.25, -0.2) is 0 Å². The van der Waals surface area contributed by atoms with Crippen LogP contribution in [0.2, 0.25) is 0 Å². The maximum absolute atomic E-state index is 12.7. The van der Waals surface area contributed by atoms with Crippen molar-refractivity contribution in [1.29, 1.82) is 0 Å². The molecule has 2 aromatic rings. The molecule has 1 atom stereocenters. The number of carbonyl (C=O) groups is 1. The Morgan fingerprint density at radius 3 is 3.05 bits per heavy atom. The second-order valence-corrected chi connectivity index (χ2v) is 5.84. The number of rotatable bonds is 4. The van der Waals surface area contributed by atoms with Crippen molar-refractivity contribution in [1.82, 2.24) is 15.2 Å². The van der Waals surface area contributed by atoms with Gasteiger partial charge in [0.2, 0.25) is 0 Å². The van der Waals surface area contributed by atoms with Crippen molar-refractivity contribution in [2.45, 2.75) is 19.8 Å². The lowest BCUT2D eigenvalue weighted by Gasteiger charge is -2.29. The number of nitrogens with zero attached hydrogens (tertiary/aromatic N) is 1. The van der Waals surface area contributed by atoms with Crippen LogP contribution in [0, 0.1) is 5.92 Å². The highest BCUT2D eigenvalue weighted by Crippen LogP contribution is 2.18. The molecule has 4 nitrogen and oxygen atoms in total. The van der Waals surface area contributed by atoms with Gasteiger partial charge < -0.3 is 15.2 Å². The zero-order valence-electron chi connectivity index (χ0n) is 12.6. The predicted octanol–water partition coefficient (Wildman–Crippen LogP) is 2.63. The summed E-state index contributed by atoms with van der Waals surface area (Å²) in [6.45, 7) is 5.82. The van der Waals surface area contributed by atoms with Crippen LogP contribution in [0.15, 0.2) is 30.5 Å². The van der Waals surface area contributed by atoms with E-state index in [1.165, 1.54) is 12.8 Å². The van der Waals surface area contributed by atoms with E-state index in [1.807, 2.05) is 35.4 Å². The minimum atomic E-state index is 0.145. The molecule has 1 aromatic carbocycles. The first-order valence-electron chi connectivity index (χ1n) is 7.85. The van der Waals surface area contributed by atoms with Gasteiger partial charge in [-0.1, -0.05) is 0 Å². The van der Waals surface area contributed by atoms with E-state index >= 15 is 0 Å². The van der Waals surface area contributed by atoms with Crippen molar-refractivity contribution < 1.29 is 4.79 Å². The summed E-state index contributed by atoms with van der Waals surface area (Å²) < 4.78 is 0. The lowest BCUT2D eigenvalue weighted by Crippen LogP contribution is -2.41. The first-order chi connectivity index (χ1) is 10.3. The number of carbonyl (C=O) groups excluding carboxylic acids is 1. The number of fused-ring (bicyclic) bond motifs is 1. The highest BCUT2D eigenvalue weighted by molar-refractivity contribution is 5.98. The molecule has 21 heavy (non-hydrogen) atoms. The van der Waals surface area contributed by atoms with Crippen LogP contribution in [0.25, 0.3) is 10.9 Å². The van der Waals surface area contributed by atoms with Gasteiger partial charge >= 0.3 is 0 Å². The highest BCUT2D eigenvalue weighted by atomic mass is 16.2. The number of H-pyrrole nitrogens is 1.